The number of hydrogen-bond donors (Lipinski definition) is 0. The molecular formula is C23H42F2O2. The monoisotopic (exact) mass is 388 g/mol. The fourth-order valence-electron chi connectivity index (χ4n) is 4.71. The van der Waals surface area contributed by atoms with Crippen LogP contribution in [0.25, 0.3) is 0 Å². The average molecular weight is 389 g/mol. The second-order valence-corrected chi connectivity index (χ2v) is 9.07. The van der Waals surface area contributed by atoms with Crippen molar-refractivity contribution in [3.63, 3.8) is 0 Å². The van der Waals surface area contributed by atoms with Gasteiger partial charge in [-0.25, -0.2) is 8.78 Å². The first kappa shape index (κ1) is 23.1. The molecule has 2 saturated carbocycles. The Balaban J connectivity index is 1.44. The van der Waals surface area contributed by atoms with E-state index in [1.807, 2.05) is 0 Å². The summed E-state index contributed by atoms with van der Waals surface area (Å²) in [5.74, 6) is -1.25. The van der Waals surface area contributed by atoms with Gasteiger partial charge in [0, 0.05) is 32.2 Å². The van der Waals surface area contributed by atoms with Gasteiger partial charge in [0.15, 0.2) is 0 Å². The molecule has 2 aliphatic rings. The average Bonchev–Trinajstić information content (AvgIpc) is 2.65. The lowest BCUT2D eigenvalue weighted by atomic mass is 9.78. The Hall–Kier alpha value is -0.220. The van der Waals surface area contributed by atoms with Crippen molar-refractivity contribution >= 4 is 0 Å². The molecule has 0 N–H and O–H groups in total. The molecule has 0 bridgehead atoms. The standard InChI is InChI=1S/C23H42F2O2/c1-3-15-26-16-6-8-21-12-10-20(11-13-21)7-4-5-17-27-22-14-9-19(2)23(24,25)18-22/h19-22H,3-18H2,1-2H3. The molecule has 0 radical (unpaired) electrons. The molecule has 0 aromatic carbocycles. The molecule has 0 amide bonds. The van der Waals surface area contributed by atoms with E-state index in [0.29, 0.717) is 13.0 Å². The van der Waals surface area contributed by atoms with E-state index < -0.39 is 11.8 Å². The molecule has 2 aliphatic carbocycles. The van der Waals surface area contributed by atoms with Crippen molar-refractivity contribution < 1.29 is 18.3 Å². The highest BCUT2D eigenvalue weighted by atomic mass is 19.3. The van der Waals surface area contributed by atoms with Crippen LogP contribution in [0.4, 0.5) is 8.78 Å². The van der Waals surface area contributed by atoms with Gasteiger partial charge in [0.25, 0.3) is 5.92 Å². The van der Waals surface area contributed by atoms with Crippen LogP contribution in [0, 0.1) is 17.8 Å². The maximum Gasteiger partial charge on any atom is 0.253 e. The summed E-state index contributed by atoms with van der Waals surface area (Å²) in [6.45, 7) is 6.30. The molecule has 160 valence electrons. The summed E-state index contributed by atoms with van der Waals surface area (Å²) in [6, 6.07) is 0. The Morgan fingerprint density at radius 1 is 0.815 bits per heavy atom. The first-order chi connectivity index (χ1) is 13.0. The second kappa shape index (κ2) is 12.4. The molecule has 0 aromatic rings. The minimum absolute atomic E-state index is 0.0817. The van der Waals surface area contributed by atoms with Crippen LogP contribution in [0.15, 0.2) is 0 Å². The normalized spacial score (nSPS) is 31.1. The summed E-state index contributed by atoms with van der Waals surface area (Å²) in [7, 11) is 0. The van der Waals surface area contributed by atoms with Crippen LogP contribution < -0.4 is 0 Å². The molecule has 4 heteroatoms. The smallest absolute Gasteiger partial charge is 0.253 e. The fraction of sp³-hybridized carbons (Fsp3) is 1.00. The molecule has 0 aromatic heterocycles. The second-order valence-electron chi connectivity index (χ2n) is 9.07. The number of halogens is 2. The van der Waals surface area contributed by atoms with E-state index in [1.54, 1.807) is 6.92 Å². The molecule has 2 unspecified atom stereocenters. The zero-order chi connectivity index (χ0) is 19.5. The molecule has 2 rings (SSSR count). The third kappa shape index (κ3) is 8.77. The van der Waals surface area contributed by atoms with Crippen molar-refractivity contribution in [2.24, 2.45) is 17.8 Å². The Labute approximate surface area is 165 Å². The Kier molecular flexibility index (Phi) is 10.6. The SMILES string of the molecule is CCCOCCCC1CCC(CCCCOC2CCC(C)C(F)(F)C2)CC1. The zero-order valence-corrected chi connectivity index (χ0v) is 17.7. The maximum absolute atomic E-state index is 13.7. The number of ether oxygens (including phenoxy) is 2. The van der Waals surface area contributed by atoms with E-state index in [-0.39, 0.29) is 12.5 Å². The summed E-state index contributed by atoms with van der Waals surface area (Å²) in [4.78, 5) is 0. The van der Waals surface area contributed by atoms with E-state index in [1.165, 1.54) is 51.4 Å². The van der Waals surface area contributed by atoms with Crippen LogP contribution in [0.2, 0.25) is 0 Å². The third-order valence-corrected chi connectivity index (χ3v) is 6.72. The number of alkyl halides is 2. The summed E-state index contributed by atoms with van der Waals surface area (Å²) in [5, 5.41) is 0. The lowest BCUT2D eigenvalue weighted by Crippen LogP contribution is -2.37. The summed E-state index contributed by atoms with van der Waals surface area (Å²) in [5.41, 5.74) is 0. The summed E-state index contributed by atoms with van der Waals surface area (Å²) < 4.78 is 38.8. The number of rotatable bonds is 12. The minimum Gasteiger partial charge on any atom is -0.381 e. The van der Waals surface area contributed by atoms with Gasteiger partial charge in [-0.05, 0) is 50.4 Å². The van der Waals surface area contributed by atoms with E-state index in [0.717, 1.165) is 44.3 Å². The molecular weight excluding hydrogens is 346 g/mol. The highest BCUT2D eigenvalue weighted by Gasteiger charge is 2.42. The lowest BCUT2D eigenvalue weighted by Gasteiger charge is -2.34. The van der Waals surface area contributed by atoms with E-state index in [4.69, 9.17) is 9.47 Å². The van der Waals surface area contributed by atoms with Crippen molar-refractivity contribution in [3.05, 3.63) is 0 Å². The molecule has 0 saturated heterocycles. The van der Waals surface area contributed by atoms with Gasteiger partial charge < -0.3 is 9.47 Å². The van der Waals surface area contributed by atoms with Crippen molar-refractivity contribution in [2.75, 3.05) is 19.8 Å². The topological polar surface area (TPSA) is 18.5 Å². The van der Waals surface area contributed by atoms with Gasteiger partial charge in [-0.1, -0.05) is 52.4 Å². The highest BCUT2D eigenvalue weighted by Crippen LogP contribution is 2.39. The van der Waals surface area contributed by atoms with Gasteiger partial charge in [0.2, 0.25) is 0 Å². The van der Waals surface area contributed by atoms with Crippen LogP contribution in [-0.2, 0) is 9.47 Å². The summed E-state index contributed by atoms with van der Waals surface area (Å²) >= 11 is 0. The largest absolute Gasteiger partial charge is 0.381 e. The van der Waals surface area contributed by atoms with E-state index >= 15 is 0 Å². The molecule has 0 aliphatic heterocycles. The van der Waals surface area contributed by atoms with Gasteiger partial charge in [-0.2, -0.15) is 0 Å². The molecule has 2 atom stereocenters. The van der Waals surface area contributed by atoms with Crippen LogP contribution in [0.1, 0.15) is 97.3 Å². The van der Waals surface area contributed by atoms with Crippen molar-refractivity contribution in [1.29, 1.82) is 0 Å². The van der Waals surface area contributed by atoms with Gasteiger partial charge in [-0.15, -0.1) is 0 Å². The van der Waals surface area contributed by atoms with Gasteiger partial charge in [-0.3, -0.25) is 0 Å². The predicted molar refractivity (Wildman–Crippen MR) is 107 cm³/mol. The Bertz CT molecular complexity index is 381. The third-order valence-electron chi connectivity index (χ3n) is 6.72. The van der Waals surface area contributed by atoms with E-state index in [2.05, 4.69) is 6.92 Å². The predicted octanol–water partition coefficient (Wildman–Crippen LogP) is 7.01. The molecule has 2 fully saturated rings. The van der Waals surface area contributed by atoms with Crippen LogP contribution in [0.5, 0.6) is 0 Å². The summed E-state index contributed by atoms with van der Waals surface area (Å²) in [6.07, 6.45) is 13.7. The molecule has 2 nitrogen and oxygen atoms in total. The fourth-order valence-corrected chi connectivity index (χ4v) is 4.71. The first-order valence-corrected chi connectivity index (χ1v) is 11.6. The van der Waals surface area contributed by atoms with E-state index in [9.17, 15) is 8.78 Å². The van der Waals surface area contributed by atoms with Gasteiger partial charge in [0.05, 0.1) is 6.10 Å². The highest BCUT2D eigenvalue weighted by molar-refractivity contribution is 4.84. The van der Waals surface area contributed by atoms with Crippen molar-refractivity contribution in [2.45, 2.75) is 109 Å². The quantitative estimate of drug-likeness (QED) is 0.335. The van der Waals surface area contributed by atoms with Gasteiger partial charge in [0.1, 0.15) is 0 Å². The Morgan fingerprint density at radius 3 is 2.11 bits per heavy atom. The van der Waals surface area contributed by atoms with Crippen LogP contribution >= 0.6 is 0 Å². The number of unbranched alkanes of at least 4 members (excludes halogenated alkanes) is 1. The van der Waals surface area contributed by atoms with Gasteiger partial charge >= 0.3 is 0 Å². The molecule has 0 heterocycles. The molecule has 27 heavy (non-hydrogen) atoms. The van der Waals surface area contributed by atoms with Crippen LogP contribution in [0.3, 0.4) is 0 Å². The maximum atomic E-state index is 13.7. The number of hydrogen-bond acceptors (Lipinski definition) is 2. The lowest BCUT2D eigenvalue weighted by molar-refractivity contribution is -0.129. The minimum atomic E-state index is -2.54. The Morgan fingerprint density at radius 2 is 1.48 bits per heavy atom. The van der Waals surface area contributed by atoms with Crippen molar-refractivity contribution in [3.8, 4) is 0 Å². The van der Waals surface area contributed by atoms with Crippen LogP contribution in [-0.4, -0.2) is 31.8 Å². The first-order valence-electron chi connectivity index (χ1n) is 11.6. The van der Waals surface area contributed by atoms with Crippen molar-refractivity contribution in [1.82, 2.24) is 0 Å². The molecule has 0 spiro atoms. The zero-order valence-electron chi connectivity index (χ0n) is 17.7.